The summed E-state index contributed by atoms with van der Waals surface area (Å²) in [6.07, 6.45) is 4.21. The van der Waals surface area contributed by atoms with Gasteiger partial charge in [0.25, 0.3) is 11.8 Å². The Bertz CT molecular complexity index is 857. The van der Waals surface area contributed by atoms with E-state index in [1.165, 1.54) is 0 Å². The average molecular weight is 392 g/mol. The number of ether oxygens (including phenoxy) is 1. The molecule has 1 saturated carbocycles. The zero-order chi connectivity index (χ0) is 20.2. The van der Waals surface area contributed by atoms with Crippen molar-refractivity contribution in [3.63, 3.8) is 0 Å². The Morgan fingerprint density at radius 1 is 1.00 bits per heavy atom. The fourth-order valence-electron chi connectivity index (χ4n) is 3.68. The van der Waals surface area contributed by atoms with Gasteiger partial charge >= 0.3 is 0 Å². The van der Waals surface area contributed by atoms with Crippen LogP contribution in [0.3, 0.4) is 0 Å². The Balaban J connectivity index is 1.28. The predicted molar refractivity (Wildman–Crippen MR) is 112 cm³/mol. The van der Waals surface area contributed by atoms with Crippen LogP contribution in [0.5, 0.6) is 5.75 Å². The third-order valence-corrected chi connectivity index (χ3v) is 5.62. The number of nitrogens with one attached hydrogen (secondary N) is 1. The highest BCUT2D eigenvalue weighted by Gasteiger charge is 2.25. The van der Waals surface area contributed by atoms with Crippen molar-refractivity contribution in [3.8, 4) is 5.75 Å². The summed E-state index contributed by atoms with van der Waals surface area (Å²) in [5, 5.41) is 2.99. The van der Waals surface area contributed by atoms with Crippen molar-refractivity contribution >= 4 is 11.8 Å². The third-order valence-electron chi connectivity index (χ3n) is 5.62. The lowest BCUT2D eigenvalue weighted by molar-refractivity contribution is 0.0633. The number of benzene rings is 2. The summed E-state index contributed by atoms with van der Waals surface area (Å²) in [6.45, 7) is 4.11. The van der Waals surface area contributed by atoms with E-state index in [0.717, 1.165) is 49.1 Å². The summed E-state index contributed by atoms with van der Waals surface area (Å²) in [7, 11) is 0. The first-order valence-electron chi connectivity index (χ1n) is 10.5. The Morgan fingerprint density at radius 2 is 1.69 bits per heavy atom. The second-order valence-corrected chi connectivity index (χ2v) is 8.21. The highest BCUT2D eigenvalue weighted by Crippen LogP contribution is 2.22. The van der Waals surface area contributed by atoms with Crippen molar-refractivity contribution in [1.82, 2.24) is 10.2 Å². The van der Waals surface area contributed by atoms with Crippen molar-refractivity contribution in [2.45, 2.75) is 38.6 Å². The number of carbonyl (C=O) groups excluding carboxylic acids is 2. The Kier molecular flexibility index (Phi) is 5.84. The van der Waals surface area contributed by atoms with Crippen LogP contribution in [0, 0.1) is 12.8 Å². The summed E-state index contributed by atoms with van der Waals surface area (Å²) < 4.78 is 5.95. The molecule has 0 aromatic heterocycles. The molecule has 1 saturated heterocycles. The van der Waals surface area contributed by atoms with Crippen molar-refractivity contribution < 1.29 is 14.3 Å². The maximum atomic E-state index is 12.8. The molecule has 2 amide bonds. The lowest BCUT2D eigenvalue weighted by Gasteiger charge is -2.32. The highest BCUT2D eigenvalue weighted by molar-refractivity contribution is 5.95. The van der Waals surface area contributed by atoms with Gasteiger partial charge in [-0.25, -0.2) is 0 Å². The summed E-state index contributed by atoms with van der Waals surface area (Å²) >= 11 is 0. The number of aryl methyl sites for hydroxylation is 1. The summed E-state index contributed by atoms with van der Waals surface area (Å²) in [6, 6.07) is 15.4. The number of likely N-dealkylation sites (tertiary alicyclic amines) is 1. The normalized spacial score (nSPS) is 18.9. The Labute approximate surface area is 172 Å². The van der Waals surface area contributed by atoms with Crippen LogP contribution in [0.25, 0.3) is 0 Å². The van der Waals surface area contributed by atoms with Crippen molar-refractivity contribution in [3.05, 3.63) is 65.2 Å². The largest absolute Gasteiger partial charge is 0.493 e. The summed E-state index contributed by atoms with van der Waals surface area (Å²) in [5.74, 6) is 1.16. The molecule has 1 heterocycles. The molecular formula is C24H28N2O3. The van der Waals surface area contributed by atoms with Crippen molar-refractivity contribution in [2.24, 2.45) is 5.92 Å². The standard InChI is InChI=1S/C24H28N2O3/c1-17-4-6-20(7-5-17)24(28)26-14-2-3-18(15-26)16-29-22-12-8-19(9-13-22)23(27)25-21-10-11-21/h4-9,12-13,18,21H,2-3,10-11,14-16H2,1H3,(H,25,27). The zero-order valence-electron chi connectivity index (χ0n) is 16.9. The number of carbonyl (C=O) groups is 2. The molecule has 0 spiro atoms. The van der Waals surface area contributed by atoms with Crippen LogP contribution in [0.2, 0.25) is 0 Å². The smallest absolute Gasteiger partial charge is 0.253 e. The molecule has 1 atom stereocenters. The quantitative estimate of drug-likeness (QED) is 0.813. The van der Waals surface area contributed by atoms with E-state index in [-0.39, 0.29) is 11.8 Å². The van der Waals surface area contributed by atoms with E-state index < -0.39 is 0 Å². The molecule has 1 N–H and O–H groups in total. The lowest BCUT2D eigenvalue weighted by Crippen LogP contribution is -2.41. The van der Waals surface area contributed by atoms with Crippen molar-refractivity contribution in [2.75, 3.05) is 19.7 Å². The zero-order valence-corrected chi connectivity index (χ0v) is 16.9. The average Bonchev–Trinajstić information content (AvgIpc) is 3.57. The fourth-order valence-corrected chi connectivity index (χ4v) is 3.68. The molecule has 1 unspecified atom stereocenters. The monoisotopic (exact) mass is 392 g/mol. The molecule has 2 aliphatic rings. The van der Waals surface area contributed by atoms with Crippen LogP contribution < -0.4 is 10.1 Å². The maximum absolute atomic E-state index is 12.8. The van der Waals surface area contributed by atoms with Gasteiger partial charge in [-0.2, -0.15) is 0 Å². The Morgan fingerprint density at radius 3 is 2.38 bits per heavy atom. The molecule has 0 radical (unpaired) electrons. The van der Waals surface area contributed by atoms with E-state index in [0.29, 0.717) is 30.7 Å². The van der Waals surface area contributed by atoms with Gasteiger partial charge in [0, 0.05) is 36.2 Å². The number of piperidine rings is 1. The minimum absolute atomic E-state index is 0.0170. The molecule has 2 aromatic rings. The van der Waals surface area contributed by atoms with E-state index in [4.69, 9.17) is 4.74 Å². The molecule has 2 aromatic carbocycles. The summed E-state index contributed by atoms with van der Waals surface area (Å²) in [5.41, 5.74) is 2.57. The number of rotatable bonds is 6. The van der Waals surface area contributed by atoms with Crippen LogP contribution >= 0.6 is 0 Å². The van der Waals surface area contributed by atoms with Crippen LogP contribution in [-0.2, 0) is 0 Å². The fraction of sp³-hybridized carbons (Fsp3) is 0.417. The number of amides is 2. The van der Waals surface area contributed by atoms with Crippen LogP contribution in [0.15, 0.2) is 48.5 Å². The molecule has 1 aliphatic carbocycles. The van der Waals surface area contributed by atoms with E-state index in [9.17, 15) is 9.59 Å². The van der Waals surface area contributed by atoms with Gasteiger partial charge in [-0.15, -0.1) is 0 Å². The van der Waals surface area contributed by atoms with Gasteiger partial charge in [0.05, 0.1) is 6.61 Å². The first-order chi connectivity index (χ1) is 14.1. The molecule has 0 bridgehead atoms. The van der Waals surface area contributed by atoms with Gasteiger partial charge in [0.2, 0.25) is 0 Å². The van der Waals surface area contributed by atoms with Gasteiger partial charge in [0.15, 0.2) is 0 Å². The van der Waals surface area contributed by atoms with Crippen LogP contribution in [0.1, 0.15) is 52.0 Å². The molecular weight excluding hydrogens is 364 g/mol. The van der Waals surface area contributed by atoms with Crippen molar-refractivity contribution in [1.29, 1.82) is 0 Å². The molecule has 29 heavy (non-hydrogen) atoms. The first kappa shape index (κ1) is 19.5. The van der Waals surface area contributed by atoms with Gasteiger partial charge in [-0.3, -0.25) is 9.59 Å². The second-order valence-electron chi connectivity index (χ2n) is 8.21. The number of hydrogen-bond acceptors (Lipinski definition) is 3. The second kappa shape index (κ2) is 8.68. The lowest BCUT2D eigenvalue weighted by atomic mass is 9.98. The number of nitrogens with zero attached hydrogens (tertiary/aromatic N) is 1. The topological polar surface area (TPSA) is 58.6 Å². The third kappa shape index (κ3) is 5.17. The van der Waals surface area contributed by atoms with Gasteiger partial charge in [-0.1, -0.05) is 17.7 Å². The highest BCUT2D eigenvalue weighted by atomic mass is 16.5. The molecule has 5 nitrogen and oxygen atoms in total. The molecule has 5 heteroatoms. The minimum Gasteiger partial charge on any atom is -0.493 e. The van der Waals surface area contributed by atoms with E-state index in [1.54, 1.807) is 12.1 Å². The Hall–Kier alpha value is -2.82. The van der Waals surface area contributed by atoms with Crippen LogP contribution in [0.4, 0.5) is 0 Å². The maximum Gasteiger partial charge on any atom is 0.253 e. The molecule has 1 aliphatic heterocycles. The first-order valence-corrected chi connectivity index (χ1v) is 10.5. The van der Waals surface area contributed by atoms with Gasteiger partial charge < -0.3 is 15.0 Å². The molecule has 2 fully saturated rings. The van der Waals surface area contributed by atoms with E-state index >= 15 is 0 Å². The van der Waals surface area contributed by atoms with E-state index in [2.05, 4.69) is 5.32 Å². The van der Waals surface area contributed by atoms with Crippen LogP contribution in [-0.4, -0.2) is 42.5 Å². The SMILES string of the molecule is Cc1ccc(C(=O)N2CCCC(COc3ccc(C(=O)NC4CC4)cc3)C2)cc1. The number of hydrogen-bond donors (Lipinski definition) is 1. The van der Waals surface area contributed by atoms with E-state index in [1.807, 2.05) is 48.2 Å². The predicted octanol–water partition coefficient (Wildman–Crippen LogP) is 3.82. The van der Waals surface area contributed by atoms with Gasteiger partial charge in [0.1, 0.15) is 5.75 Å². The molecule has 4 rings (SSSR count). The van der Waals surface area contributed by atoms with Gasteiger partial charge in [-0.05, 0) is 69.0 Å². The minimum atomic E-state index is -0.0170. The summed E-state index contributed by atoms with van der Waals surface area (Å²) in [4.78, 5) is 26.8. The molecule has 152 valence electrons.